The Morgan fingerprint density at radius 3 is 2.56 bits per heavy atom. The minimum Gasteiger partial charge on any atom is -0.354 e. The van der Waals surface area contributed by atoms with E-state index in [4.69, 9.17) is 4.98 Å². The van der Waals surface area contributed by atoms with Crippen LogP contribution in [0.4, 0.5) is 5.82 Å². The Bertz CT molecular complexity index is 639. The number of carbonyl (C=O) groups is 1. The number of nitrogens with one attached hydrogen (secondary N) is 1. The second kappa shape index (κ2) is 9.00. The summed E-state index contributed by atoms with van der Waals surface area (Å²) in [5.74, 6) is 3.05. The van der Waals surface area contributed by atoms with E-state index in [1.807, 2.05) is 6.92 Å². The van der Waals surface area contributed by atoms with E-state index in [9.17, 15) is 4.79 Å². The zero-order valence-corrected chi connectivity index (χ0v) is 17.4. The van der Waals surface area contributed by atoms with Gasteiger partial charge in [-0.3, -0.25) is 9.69 Å². The first-order valence-electron chi connectivity index (χ1n) is 10.5. The van der Waals surface area contributed by atoms with Gasteiger partial charge in [0.2, 0.25) is 5.91 Å². The van der Waals surface area contributed by atoms with E-state index in [0.29, 0.717) is 24.4 Å². The van der Waals surface area contributed by atoms with Gasteiger partial charge in [0.05, 0.1) is 6.54 Å². The number of rotatable bonds is 5. The van der Waals surface area contributed by atoms with E-state index < -0.39 is 0 Å². The molecule has 1 saturated carbocycles. The third kappa shape index (κ3) is 5.41. The summed E-state index contributed by atoms with van der Waals surface area (Å²) in [5, 5.41) is 3.27. The van der Waals surface area contributed by atoms with Crippen molar-refractivity contribution in [2.75, 3.05) is 37.6 Å². The fourth-order valence-electron chi connectivity index (χ4n) is 4.12. The van der Waals surface area contributed by atoms with Gasteiger partial charge in [0.1, 0.15) is 11.6 Å². The molecule has 1 aromatic heterocycles. The third-order valence-electron chi connectivity index (χ3n) is 5.90. The number of amides is 1. The molecule has 0 bridgehead atoms. The number of anilines is 1. The van der Waals surface area contributed by atoms with Gasteiger partial charge in [0.25, 0.3) is 0 Å². The minimum absolute atomic E-state index is 0.183. The number of hydrogen-bond donors (Lipinski definition) is 1. The summed E-state index contributed by atoms with van der Waals surface area (Å²) >= 11 is 0. The predicted octanol–water partition coefficient (Wildman–Crippen LogP) is 2.73. The lowest BCUT2D eigenvalue weighted by atomic mass is 9.86. The van der Waals surface area contributed by atoms with Gasteiger partial charge in [-0.15, -0.1) is 0 Å². The quantitative estimate of drug-likeness (QED) is 0.860. The van der Waals surface area contributed by atoms with E-state index in [-0.39, 0.29) is 5.91 Å². The summed E-state index contributed by atoms with van der Waals surface area (Å²) < 4.78 is 0. The number of hydrogen-bond acceptors (Lipinski definition) is 5. The van der Waals surface area contributed by atoms with Crippen LogP contribution in [0.15, 0.2) is 6.07 Å². The van der Waals surface area contributed by atoms with Crippen molar-refractivity contribution in [3.63, 3.8) is 0 Å². The van der Waals surface area contributed by atoms with Crippen molar-refractivity contribution in [2.24, 2.45) is 5.92 Å². The molecule has 1 aliphatic carbocycles. The molecule has 2 heterocycles. The highest BCUT2D eigenvalue weighted by atomic mass is 16.2. The van der Waals surface area contributed by atoms with Crippen LogP contribution in [0.3, 0.4) is 0 Å². The van der Waals surface area contributed by atoms with Crippen LogP contribution in [0, 0.1) is 12.8 Å². The maximum absolute atomic E-state index is 12.5. The molecule has 2 atom stereocenters. The number of aryl methyl sites for hydroxylation is 1. The van der Waals surface area contributed by atoms with Crippen LogP contribution in [0.1, 0.15) is 63.9 Å². The van der Waals surface area contributed by atoms with Gasteiger partial charge < -0.3 is 10.2 Å². The van der Waals surface area contributed by atoms with Crippen molar-refractivity contribution in [3.8, 4) is 0 Å². The molecule has 27 heavy (non-hydrogen) atoms. The first-order valence-corrected chi connectivity index (χ1v) is 10.5. The van der Waals surface area contributed by atoms with Crippen LogP contribution in [0.25, 0.3) is 0 Å². The molecule has 0 radical (unpaired) electrons. The number of nitrogens with zero attached hydrogens (tertiary/aromatic N) is 4. The maximum Gasteiger partial charge on any atom is 0.234 e. The van der Waals surface area contributed by atoms with Crippen LogP contribution in [-0.4, -0.2) is 59.5 Å². The molecular formula is C21H35N5O. The molecular weight excluding hydrogens is 338 g/mol. The summed E-state index contributed by atoms with van der Waals surface area (Å²) in [7, 11) is 0. The molecule has 1 aliphatic heterocycles. The number of aromatic nitrogens is 2. The molecule has 1 amide bonds. The summed E-state index contributed by atoms with van der Waals surface area (Å²) in [4.78, 5) is 26.3. The molecule has 0 aromatic carbocycles. The van der Waals surface area contributed by atoms with E-state index in [1.165, 1.54) is 19.3 Å². The fourth-order valence-corrected chi connectivity index (χ4v) is 4.12. The summed E-state index contributed by atoms with van der Waals surface area (Å²) in [6, 6.07) is 2.43. The molecule has 0 unspecified atom stereocenters. The first-order chi connectivity index (χ1) is 12.9. The van der Waals surface area contributed by atoms with Crippen LogP contribution in [0.5, 0.6) is 0 Å². The predicted molar refractivity (Wildman–Crippen MR) is 109 cm³/mol. The lowest BCUT2D eigenvalue weighted by molar-refractivity contribution is -0.123. The summed E-state index contributed by atoms with van der Waals surface area (Å²) in [6.45, 7) is 12.7. The normalized spacial score (nSPS) is 24.3. The van der Waals surface area contributed by atoms with Gasteiger partial charge in [0, 0.05) is 49.9 Å². The maximum atomic E-state index is 12.5. The molecule has 0 spiro atoms. The van der Waals surface area contributed by atoms with Crippen molar-refractivity contribution in [2.45, 2.75) is 65.3 Å². The van der Waals surface area contributed by atoms with Crippen molar-refractivity contribution >= 4 is 11.7 Å². The standard InChI is InChI=1S/C21H35N5O/c1-15(2)21-22-17(4)13-19(24-21)26-11-9-25(10-12-26)14-20(27)23-18-8-6-5-7-16(18)3/h13,15-16,18H,5-12,14H2,1-4H3,(H,23,27)/t16-,18-/m0/s1. The lowest BCUT2D eigenvalue weighted by Gasteiger charge is -2.36. The Balaban J connectivity index is 1.49. The van der Waals surface area contributed by atoms with Crippen molar-refractivity contribution in [1.29, 1.82) is 0 Å². The van der Waals surface area contributed by atoms with E-state index >= 15 is 0 Å². The van der Waals surface area contributed by atoms with E-state index in [1.54, 1.807) is 0 Å². The first kappa shape index (κ1) is 20.1. The monoisotopic (exact) mass is 373 g/mol. The van der Waals surface area contributed by atoms with Crippen LogP contribution < -0.4 is 10.2 Å². The van der Waals surface area contributed by atoms with Gasteiger partial charge in [-0.05, 0) is 25.7 Å². The van der Waals surface area contributed by atoms with Gasteiger partial charge >= 0.3 is 0 Å². The molecule has 150 valence electrons. The number of piperazine rings is 1. The molecule has 3 rings (SSSR count). The molecule has 1 aromatic rings. The Morgan fingerprint density at radius 1 is 1.19 bits per heavy atom. The summed E-state index contributed by atoms with van der Waals surface area (Å²) in [5.41, 5.74) is 1.02. The molecule has 2 fully saturated rings. The second-order valence-corrected chi connectivity index (χ2v) is 8.58. The van der Waals surface area contributed by atoms with Crippen LogP contribution in [0.2, 0.25) is 0 Å². The Labute approximate surface area is 163 Å². The summed E-state index contributed by atoms with van der Waals surface area (Å²) in [6.07, 6.45) is 4.91. The molecule has 1 N–H and O–H groups in total. The molecule has 6 heteroatoms. The SMILES string of the molecule is Cc1cc(N2CCN(CC(=O)N[C@H]3CCCC[C@@H]3C)CC2)nc(C(C)C)n1. The van der Waals surface area contributed by atoms with Crippen molar-refractivity contribution < 1.29 is 4.79 Å². The smallest absolute Gasteiger partial charge is 0.234 e. The average Bonchev–Trinajstić information content (AvgIpc) is 2.63. The zero-order valence-electron chi connectivity index (χ0n) is 17.4. The van der Waals surface area contributed by atoms with Gasteiger partial charge in [-0.25, -0.2) is 9.97 Å². The van der Waals surface area contributed by atoms with Crippen LogP contribution >= 0.6 is 0 Å². The van der Waals surface area contributed by atoms with E-state index in [0.717, 1.165) is 49.9 Å². The minimum atomic E-state index is 0.183. The molecule has 6 nitrogen and oxygen atoms in total. The van der Waals surface area contributed by atoms with Crippen molar-refractivity contribution in [1.82, 2.24) is 20.2 Å². The lowest BCUT2D eigenvalue weighted by Crippen LogP contribution is -2.51. The molecule has 1 saturated heterocycles. The second-order valence-electron chi connectivity index (χ2n) is 8.58. The van der Waals surface area contributed by atoms with Crippen LogP contribution in [-0.2, 0) is 4.79 Å². The van der Waals surface area contributed by atoms with Crippen molar-refractivity contribution in [3.05, 3.63) is 17.6 Å². The fraction of sp³-hybridized carbons (Fsp3) is 0.762. The van der Waals surface area contributed by atoms with Gasteiger partial charge in [-0.2, -0.15) is 0 Å². The Morgan fingerprint density at radius 2 is 1.89 bits per heavy atom. The highest BCUT2D eigenvalue weighted by molar-refractivity contribution is 5.78. The third-order valence-corrected chi connectivity index (χ3v) is 5.90. The number of carbonyl (C=O) groups excluding carboxylic acids is 1. The topological polar surface area (TPSA) is 61.4 Å². The largest absolute Gasteiger partial charge is 0.354 e. The molecule has 2 aliphatic rings. The van der Waals surface area contributed by atoms with Gasteiger partial charge in [-0.1, -0.05) is 33.6 Å². The van der Waals surface area contributed by atoms with E-state index in [2.05, 4.69) is 46.9 Å². The highest BCUT2D eigenvalue weighted by Gasteiger charge is 2.25. The average molecular weight is 374 g/mol. The Kier molecular flexibility index (Phi) is 6.68. The Hall–Kier alpha value is -1.69. The van der Waals surface area contributed by atoms with Gasteiger partial charge in [0.15, 0.2) is 0 Å². The highest BCUT2D eigenvalue weighted by Crippen LogP contribution is 2.23. The zero-order chi connectivity index (χ0) is 19.4.